The van der Waals surface area contributed by atoms with E-state index in [0.29, 0.717) is 23.7 Å². The Kier molecular flexibility index (Phi) is 6.57. The minimum absolute atomic E-state index is 0.000349. The third kappa shape index (κ3) is 5.26. The van der Waals surface area contributed by atoms with Gasteiger partial charge in [0.25, 0.3) is 11.8 Å². The Morgan fingerprint density at radius 2 is 1.79 bits per heavy atom. The van der Waals surface area contributed by atoms with Gasteiger partial charge in [-0.1, -0.05) is 29.3 Å². The quantitative estimate of drug-likeness (QED) is 0.831. The van der Waals surface area contributed by atoms with E-state index in [4.69, 9.17) is 16.3 Å². The molecular formula is C22H25ClN2O3. The summed E-state index contributed by atoms with van der Waals surface area (Å²) in [5, 5.41) is 3.62. The third-order valence-electron chi connectivity index (χ3n) is 4.93. The zero-order valence-corrected chi connectivity index (χ0v) is 17.0. The lowest BCUT2D eigenvalue weighted by molar-refractivity contribution is -0.124. The van der Waals surface area contributed by atoms with E-state index in [1.807, 2.05) is 36.9 Å². The first-order valence-electron chi connectivity index (χ1n) is 9.46. The number of hydrogen-bond donors (Lipinski definition) is 1. The molecule has 1 heterocycles. The van der Waals surface area contributed by atoms with Crippen LogP contribution in [0.3, 0.4) is 0 Å². The Labute approximate surface area is 170 Å². The van der Waals surface area contributed by atoms with E-state index >= 15 is 0 Å². The van der Waals surface area contributed by atoms with Crippen molar-refractivity contribution >= 4 is 23.4 Å². The molecule has 2 aromatic carbocycles. The highest BCUT2D eigenvalue weighted by atomic mass is 35.5. The van der Waals surface area contributed by atoms with Crippen molar-refractivity contribution in [3.63, 3.8) is 0 Å². The molecule has 3 rings (SSSR count). The highest BCUT2D eigenvalue weighted by molar-refractivity contribution is 6.30. The van der Waals surface area contributed by atoms with Crippen molar-refractivity contribution in [2.45, 2.75) is 32.7 Å². The molecule has 1 aliphatic rings. The van der Waals surface area contributed by atoms with Crippen molar-refractivity contribution in [3.05, 3.63) is 64.2 Å². The van der Waals surface area contributed by atoms with Crippen LogP contribution < -0.4 is 10.1 Å². The topological polar surface area (TPSA) is 58.6 Å². The normalized spacial score (nSPS) is 14.6. The molecule has 0 aliphatic carbocycles. The maximum absolute atomic E-state index is 12.5. The standard InChI is InChI=1S/C22H25ClN2O3/c1-15-3-8-20(16(2)13-15)28-14-21(26)24-19-9-11-25(12-10-19)22(27)17-4-6-18(23)7-5-17/h3-8,13,19H,9-12,14H2,1-2H3,(H,24,26). The van der Waals surface area contributed by atoms with Crippen LogP contribution in [0.2, 0.25) is 5.02 Å². The first-order valence-corrected chi connectivity index (χ1v) is 9.84. The number of carbonyl (C=O) groups excluding carboxylic acids is 2. The molecule has 0 radical (unpaired) electrons. The second-order valence-electron chi connectivity index (χ2n) is 7.20. The van der Waals surface area contributed by atoms with Crippen molar-refractivity contribution in [1.29, 1.82) is 0 Å². The van der Waals surface area contributed by atoms with Gasteiger partial charge in [-0.25, -0.2) is 0 Å². The molecule has 0 bridgehead atoms. The van der Waals surface area contributed by atoms with Gasteiger partial charge in [0.05, 0.1) is 0 Å². The number of likely N-dealkylation sites (tertiary alicyclic amines) is 1. The summed E-state index contributed by atoms with van der Waals surface area (Å²) < 4.78 is 5.63. The summed E-state index contributed by atoms with van der Waals surface area (Å²) >= 11 is 5.87. The van der Waals surface area contributed by atoms with Gasteiger partial charge in [-0.15, -0.1) is 0 Å². The van der Waals surface area contributed by atoms with Crippen LogP contribution in [0.25, 0.3) is 0 Å². The number of nitrogens with zero attached hydrogens (tertiary/aromatic N) is 1. The van der Waals surface area contributed by atoms with Crippen LogP contribution in [0.4, 0.5) is 0 Å². The first-order chi connectivity index (χ1) is 13.4. The van der Waals surface area contributed by atoms with E-state index < -0.39 is 0 Å². The number of benzene rings is 2. The molecule has 6 heteroatoms. The highest BCUT2D eigenvalue weighted by Crippen LogP contribution is 2.19. The predicted molar refractivity (Wildman–Crippen MR) is 110 cm³/mol. The first kappa shape index (κ1) is 20.2. The van der Waals surface area contributed by atoms with Crippen LogP contribution in [0, 0.1) is 13.8 Å². The molecule has 28 heavy (non-hydrogen) atoms. The van der Waals surface area contributed by atoms with Gasteiger partial charge in [0, 0.05) is 29.7 Å². The lowest BCUT2D eigenvalue weighted by atomic mass is 10.0. The van der Waals surface area contributed by atoms with Crippen molar-refractivity contribution in [3.8, 4) is 5.75 Å². The maximum atomic E-state index is 12.5. The van der Waals surface area contributed by atoms with Gasteiger partial charge >= 0.3 is 0 Å². The lowest BCUT2D eigenvalue weighted by Gasteiger charge is -2.32. The SMILES string of the molecule is Cc1ccc(OCC(=O)NC2CCN(C(=O)c3ccc(Cl)cc3)CC2)c(C)c1. The molecule has 148 valence electrons. The van der Waals surface area contributed by atoms with E-state index in [1.54, 1.807) is 24.3 Å². The number of carbonyl (C=O) groups is 2. The summed E-state index contributed by atoms with van der Waals surface area (Å²) in [6.45, 7) is 5.21. The summed E-state index contributed by atoms with van der Waals surface area (Å²) in [4.78, 5) is 26.6. The summed E-state index contributed by atoms with van der Waals surface area (Å²) in [5.74, 6) is 0.589. The average Bonchev–Trinajstić information content (AvgIpc) is 2.68. The van der Waals surface area contributed by atoms with E-state index in [9.17, 15) is 9.59 Å². The summed E-state index contributed by atoms with van der Waals surface area (Å²) in [6, 6.07) is 12.9. The molecule has 1 N–H and O–H groups in total. The molecule has 1 saturated heterocycles. The van der Waals surface area contributed by atoms with Crippen LogP contribution in [-0.2, 0) is 4.79 Å². The number of ether oxygens (including phenoxy) is 1. The maximum Gasteiger partial charge on any atom is 0.258 e. The molecule has 2 aromatic rings. The zero-order chi connectivity index (χ0) is 20.1. The Hall–Kier alpha value is -2.53. The summed E-state index contributed by atoms with van der Waals surface area (Å²) in [5.41, 5.74) is 2.81. The molecule has 0 unspecified atom stereocenters. The Bertz CT molecular complexity index is 843. The van der Waals surface area contributed by atoms with Crippen LogP contribution in [-0.4, -0.2) is 42.5 Å². The minimum atomic E-state index is -0.137. The number of rotatable bonds is 5. The fraction of sp³-hybridized carbons (Fsp3) is 0.364. The number of halogens is 1. The summed E-state index contributed by atoms with van der Waals surface area (Å²) in [7, 11) is 0. The molecule has 0 saturated carbocycles. The van der Waals surface area contributed by atoms with Gasteiger partial charge in [-0.3, -0.25) is 9.59 Å². The van der Waals surface area contributed by atoms with Crippen molar-refractivity contribution < 1.29 is 14.3 Å². The smallest absolute Gasteiger partial charge is 0.258 e. The molecule has 0 spiro atoms. The van der Waals surface area contributed by atoms with Crippen LogP contribution in [0.1, 0.15) is 34.3 Å². The highest BCUT2D eigenvalue weighted by Gasteiger charge is 2.24. The van der Waals surface area contributed by atoms with Crippen LogP contribution >= 0.6 is 11.6 Å². The van der Waals surface area contributed by atoms with Gasteiger partial charge < -0.3 is 15.0 Å². The minimum Gasteiger partial charge on any atom is -0.484 e. The molecule has 1 aliphatic heterocycles. The van der Waals surface area contributed by atoms with Gasteiger partial charge in [-0.05, 0) is 62.6 Å². The molecule has 0 atom stereocenters. The van der Waals surface area contributed by atoms with E-state index in [-0.39, 0.29) is 24.5 Å². The third-order valence-corrected chi connectivity index (χ3v) is 5.18. The summed E-state index contributed by atoms with van der Waals surface area (Å²) in [6.07, 6.45) is 1.46. The van der Waals surface area contributed by atoms with Crippen LogP contribution in [0.15, 0.2) is 42.5 Å². The fourth-order valence-electron chi connectivity index (χ4n) is 3.38. The van der Waals surface area contributed by atoms with E-state index in [2.05, 4.69) is 5.32 Å². The largest absolute Gasteiger partial charge is 0.484 e. The monoisotopic (exact) mass is 400 g/mol. The fourth-order valence-corrected chi connectivity index (χ4v) is 3.50. The number of piperidine rings is 1. The van der Waals surface area contributed by atoms with Gasteiger partial charge in [-0.2, -0.15) is 0 Å². The second kappa shape index (κ2) is 9.11. The van der Waals surface area contributed by atoms with Gasteiger partial charge in [0.2, 0.25) is 0 Å². The molecule has 1 fully saturated rings. The number of hydrogen-bond acceptors (Lipinski definition) is 3. The average molecular weight is 401 g/mol. The van der Waals surface area contributed by atoms with E-state index in [0.717, 1.165) is 29.7 Å². The number of amides is 2. The Morgan fingerprint density at radius 3 is 2.43 bits per heavy atom. The van der Waals surface area contributed by atoms with Crippen molar-refractivity contribution in [1.82, 2.24) is 10.2 Å². The Morgan fingerprint density at radius 1 is 1.11 bits per heavy atom. The van der Waals surface area contributed by atoms with Crippen molar-refractivity contribution in [2.75, 3.05) is 19.7 Å². The lowest BCUT2D eigenvalue weighted by Crippen LogP contribution is -2.47. The number of nitrogens with one attached hydrogen (secondary N) is 1. The molecule has 5 nitrogen and oxygen atoms in total. The van der Waals surface area contributed by atoms with Crippen molar-refractivity contribution in [2.24, 2.45) is 0 Å². The Balaban J connectivity index is 1.44. The molecule has 2 amide bonds. The number of aryl methyl sites for hydroxylation is 2. The second-order valence-corrected chi connectivity index (χ2v) is 7.63. The van der Waals surface area contributed by atoms with Crippen LogP contribution in [0.5, 0.6) is 5.75 Å². The predicted octanol–water partition coefficient (Wildman–Crippen LogP) is 3.76. The van der Waals surface area contributed by atoms with Gasteiger partial charge in [0.15, 0.2) is 6.61 Å². The molecule has 0 aromatic heterocycles. The van der Waals surface area contributed by atoms with E-state index in [1.165, 1.54) is 0 Å². The zero-order valence-electron chi connectivity index (χ0n) is 16.2. The molecular weight excluding hydrogens is 376 g/mol. The van der Waals surface area contributed by atoms with Gasteiger partial charge in [0.1, 0.15) is 5.75 Å².